The molecule has 2 N–H and O–H groups in total. The number of carbonyl (C=O) groups excluding carboxylic acids is 1. The van der Waals surface area contributed by atoms with Crippen LogP contribution in [0.3, 0.4) is 0 Å². The fraction of sp³-hybridized carbons (Fsp3) is 0.440. The summed E-state index contributed by atoms with van der Waals surface area (Å²) >= 11 is 0. The fourth-order valence-corrected chi connectivity index (χ4v) is 5.74. The number of piperidine rings is 1. The number of benzene rings is 2. The first kappa shape index (κ1) is 22.7. The summed E-state index contributed by atoms with van der Waals surface area (Å²) in [5.41, 5.74) is 3.09. The molecule has 0 unspecified atom stereocenters. The third-order valence-corrected chi connectivity index (χ3v) is 8.39. The summed E-state index contributed by atoms with van der Waals surface area (Å²) in [6, 6.07) is 15.4. The molecule has 1 heterocycles. The summed E-state index contributed by atoms with van der Waals surface area (Å²) in [4.78, 5) is 17.3. The van der Waals surface area contributed by atoms with E-state index in [1.165, 1.54) is 6.42 Å². The van der Waals surface area contributed by atoms with Gasteiger partial charge in [0.2, 0.25) is 5.91 Å². The highest BCUT2D eigenvalue weighted by Crippen LogP contribution is 2.35. The highest BCUT2D eigenvalue weighted by atomic mass is 32.2. The minimum absolute atomic E-state index is 0.0702. The van der Waals surface area contributed by atoms with Crippen molar-refractivity contribution in [2.75, 3.05) is 12.8 Å². The Morgan fingerprint density at radius 2 is 1.78 bits per heavy atom. The Labute approximate surface area is 190 Å². The predicted molar refractivity (Wildman–Crippen MR) is 128 cm³/mol. The van der Waals surface area contributed by atoms with Crippen LogP contribution >= 0.6 is 0 Å². The average Bonchev–Trinajstić information content (AvgIpc) is 3.44. The van der Waals surface area contributed by atoms with E-state index in [1.54, 1.807) is 32.3 Å². The van der Waals surface area contributed by atoms with Gasteiger partial charge < -0.3 is 10.6 Å². The van der Waals surface area contributed by atoms with Crippen LogP contribution in [-0.4, -0.2) is 51.5 Å². The number of hydrogen-bond acceptors (Lipinski definition) is 5. The van der Waals surface area contributed by atoms with Gasteiger partial charge in [-0.1, -0.05) is 43.3 Å². The molecule has 2 aromatic rings. The Morgan fingerprint density at radius 1 is 1.12 bits per heavy atom. The first-order chi connectivity index (χ1) is 15.4. The van der Waals surface area contributed by atoms with Gasteiger partial charge in [-0.3, -0.25) is 9.79 Å². The molecule has 0 radical (unpaired) electrons. The van der Waals surface area contributed by atoms with Crippen LogP contribution in [0, 0.1) is 5.92 Å². The molecule has 2 fully saturated rings. The maximum absolute atomic E-state index is 12.8. The van der Waals surface area contributed by atoms with Crippen molar-refractivity contribution in [2.45, 2.75) is 55.6 Å². The highest BCUT2D eigenvalue weighted by Gasteiger charge is 2.42. The van der Waals surface area contributed by atoms with Crippen LogP contribution in [0.25, 0.3) is 11.1 Å². The molecule has 1 aliphatic carbocycles. The van der Waals surface area contributed by atoms with E-state index >= 15 is 0 Å². The standard InChI is InChI=1S/C25H31N3O3S/c1-3-32(30,31)23-12-9-19(10-13-23)18-6-4-17(5-7-18)14-22(16-26-2)28-25(29)24-20-8-11-21(15-20)27-24/h4-7,9-10,12-13,16,20-22,24,27H,3,8,11,14-15H2,1-2H3,(H,28,29)/b26-16+/t20-,21+,22-,24-/m0/s1. The van der Waals surface area contributed by atoms with Gasteiger partial charge in [0.05, 0.1) is 22.7 Å². The molecule has 7 heteroatoms. The third kappa shape index (κ3) is 4.94. The molecule has 170 valence electrons. The number of nitrogens with zero attached hydrogens (tertiary/aromatic N) is 1. The van der Waals surface area contributed by atoms with Crippen molar-refractivity contribution >= 4 is 22.0 Å². The zero-order valence-electron chi connectivity index (χ0n) is 18.6. The van der Waals surface area contributed by atoms with E-state index in [1.807, 2.05) is 36.4 Å². The van der Waals surface area contributed by atoms with Crippen LogP contribution < -0.4 is 10.6 Å². The van der Waals surface area contributed by atoms with Gasteiger partial charge >= 0.3 is 0 Å². The SMILES string of the molecule is CCS(=O)(=O)c1ccc(-c2ccc(C[C@@H](/C=N/C)NC(=O)[C@H]3N[C@@H]4CC[C@H]3C4)cc2)cc1. The first-order valence-corrected chi connectivity index (χ1v) is 13.0. The van der Waals surface area contributed by atoms with Crippen molar-refractivity contribution in [3.8, 4) is 11.1 Å². The largest absolute Gasteiger partial charge is 0.347 e. The number of rotatable bonds is 8. The molecule has 1 aliphatic heterocycles. The van der Waals surface area contributed by atoms with Crippen LogP contribution in [0.4, 0.5) is 0 Å². The molecule has 1 saturated heterocycles. The number of nitrogens with one attached hydrogen (secondary N) is 2. The molecule has 4 atom stereocenters. The predicted octanol–water partition coefficient (Wildman–Crippen LogP) is 3.02. The van der Waals surface area contributed by atoms with Gasteiger partial charge in [-0.05, 0) is 60.4 Å². The normalized spacial score (nSPS) is 23.5. The van der Waals surface area contributed by atoms with E-state index < -0.39 is 9.84 Å². The second-order valence-corrected chi connectivity index (χ2v) is 11.0. The van der Waals surface area contributed by atoms with E-state index in [-0.39, 0.29) is 23.7 Å². The van der Waals surface area contributed by atoms with Gasteiger partial charge in [-0.2, -0.15) is 0 Å². The molecule has 32 heavy (non-hydrogen) atoms. The summed E-state index contributed by atoms with van der Waals surface area (Å²) in [6.45, 7) is 1.65. The van der Waals surface area contributed by atoms with E-state index in [9.17, 15) is 13.2 Å². The lowest BCUT2D eigenvalue weighted by Crippen LogP contribution is -2.51. The van der Waals surface area contributed by atoms with Crippen molar-refractivity contribution in [1.82, 2.24) is 10.6 Å². The fourth-order valence-electron chi connectivity index (χ4n) is 4.85. The number of amides is 1. The second kappa shape index (κ2) is 9.55. The second-order valence-electron chi connectivity index (χ2n) is 8.77. The van der Waals surface area contributed by atoms with E-state index in [4.69, 9.17) is 0 Å². The van der Waals surface area contributed by atoms with Crippen LogP contribution in [0.1, 0.15) is 31.7 Å². The van der Waals surface area contributed by atoms with Crippen LogP contribution in [0.2, 0.25) is 0 Å². The van der Waals surface area contributed by atoms with Crippen molar-refractivity contribution in [3.05, 3.63) is 54.1 Å². The average molecular weight is 454 g/mol. The van der Waals surface area contributed by atoms with E-state index in [0.29, 0.717) is 23.3 Å². The van der Waals surface area contributed by atoms with Gasteiger partial charge in [-0.15, -0.1) is 0 Å². The quantitative estimate of drug-likeness (QED) is 0.602. The number of carbonyl (C=O) groups is 1. The molecule has 0 aromatic heterocycles. The Morgan fingerprint density at radius 3 is 2.31 bits per heavy atom. The minimum atomic E-state index is -3.19. The summed E-state index contributed by atoms with van der Waals surface area (Å²) < 4.78 is 24.0. The highest BCUT2D eigenvalue weighted by molar-refractivity contribution is 7.91. The molecule has 6 nitrogen and oxygen atoms in total. The van der Waals surface area contributed by atoms with Gasteiger partial charge in [0.1, 0.15) is 0 Å². The molecule has 4 rings (SSSR count). The molecular weight excluding hydrogens is 422 g/mol. The maximum atomic E-state index is 12.8. The van der Waals surface area contributed by atoms with Gasteiger partial charge in [0.15, 0.2) is 9.84 Å². The minimum Gasteiger partial charge on any atom is -0.347 e. The summed E-state index contributed by atoms with van der Waals surface area (Å²) in [6.07, 6.45) is 5.88. The lowest BCUT2D eigenvalue weighted by atomic mass is 9.98. The summed E-state index contributed by atoms with van der Waals surface area (Å²) in [5.74, 6) is 0.621. The Kier molecular flexibility index (Phi) is 6.76. The Balaban J connectivity index is 1.40. The lowest BCUT2D eigenvalue weighted by molar-refractivity contribution is -0.124. The third-order valence-electron chi connectivity index (χ3n) is 6.64. The lowest BCUT2D eigenvalue weighted by Gasteiger charge is -2.24. The number of hydrogen-bond donors (Lipinski definition) is 2. The van der Waals surface area contributed by atoms with Gasteiger partial charge in [0.25, 0.3) is 0 Å². The summed E-state index contributed by atoms with van der Waals surface area (Å²) in [7, 11) is -1.47. The topological polar surface area (TPSA) is 87.6 Å². The Bertz CT molecular complexity index is 1080. The number of aliphatic imine (C=N–C) groups is 1. The zero-order chi connectivity index (χ0) is 22.7. The molecule has 1 saturated carbocycles. The van der Waals surface area contributed by atoms with Crippen molar-refractivity contribution < 1.29 is 13.2 Å². The Hall–Kier alpha value is -2.51. The smallest absolute Gasteiger partial charge is 0.237 e. The van der Waals surface area contributed by atoms with Crippen molar-refractivity contribution in [3.63, 3.8) is 0 Å². The van der Waals surface area contributed by atoms with Crippen LogP contribution in [0.5, 0.6) is 0 Å². The monoisotopic (exact) mass is 453 g/mol. The number of fused-ring (bicyclic) bond motifs is 2. The molecule has 1 amide bonds. The van der Waals surface area contributed by atoms with E-state index in [0.717, 1.165) is 29.5 Å². The first-order valence-electron chi connectivity index (χ1n) is 11.3. The van der Waals surface area contributed by atoms with Crippen molar-refractivity contribution in [1.29, 1.82) is 0 Å². The van der Waals surface area contributed by atoms with E-state index in [2.05, 4.69) is 15.6 Å². The zero-order valence-corrected chi connectivity index (χ0v) is 19.4. The van der Waals surface area contributed by atoms with Crippen molar-refractivity contribution in [2.24, 2.45) is 10.9 Å². The van der Waals surface area contributed by atoms with Crippen LogP contribution in [-0.2, 0) is 21.1 Å². The summed E-state index contributed by atoms with van der Waals surface area (Å²) in [5, 5.41) is 6.61. The van der Waals surface area contributed by atoms with Gasteiger partial charge in [-0.25, -0.2) is 8.42 Å². The number of sulfone groups is 1. The van der Waals surface area contributed by atoms with Gasteiger partial charge in [0, 0.05) is 19.3 Å². The molecule has 0 spiro atoms. The molecule has 2 aliphatic rings. The molecular formula is C25H31N3O3S. The molecule has 2 aromatic carbocycles. The molecule has 2 bridgehead atoms. The maximum Gasteiger partial charge on any atom is 0.237 e. The van der Waals surface area contributed by atoms with Crippen LogP contribution in [0.15, 0.2) is 58.4 Å².